The third-order valence-corrected chi connectivity index (χ3v) is 8.95. The van der Waals surface area contributed by atoms with Gasteiger partial charge in [0.1, 0.15) is 5.60 Å². The molecule has 7 nitrogen and oxygen atoms in total. The van der Waals surface area contributed by atoms with Crippen LogP contribution in [0.4, 0.5) is 5.69 Å². The molecule has 1 aliphatic carbocycles. The van der Waals surface area contributed by atoms with Gasteiger partial charge in [-0.1, -0.05) is 24.3 Å². The maximum atomic E-state index is 12.7. The fourth-order valence-corrected chi connectivity index (χ4v) is 6.75. The second kappa shape index (κ2) is 7.39. The molecule has 4 rings (SSSR count). The summed E-state index contributed by atoms with van der Waals surface area (Å²) in [7, 11) is -7.19. The van der Waals surface area contributed by atoms with Crippen LogP contribution in [-0.4, -0.2) is 40.8 Å². The van der Waals surface area contributed by atoms with E-state index < -0.39 is 25.6 Å². The highest BCUT2D eigenvalue weighted by Crippen LogP contribution is 2.36. The summed E-state index contributed by atoms with van der Waals surface area (Å²) < 4.78 is 53.7. The highest BCUT2D eigenvalue weighted by molar-refractivity contribution is 7.92. The predicted octanol–water partition coefficient (Wildman–Crippen LogP) is 1.73. The Hall–Kier alpha value is -1.94. The molecule has 9 heteroatoms. The number of rotatable bonds is 5. The Morgan fingerprint density at radius 3 is 2.52 bits per heavy atom. The summed E-state index contributed by atoms with van der Waals surface area (Å²) in [6, 6.07) is 13.3. The van der Waals surface area contributed by atoms with E-state index in [1.807, 2.05) is 24.3 Å². The van der Waals surface area contributed by atoms with E-state index >= 15 is 0 Å². The van der Waals surface area contributed by atoms with Gasteiger partial charge in [-0.2, -0.15) is 0 Å². The smallest absolute Gasteiger partial charge is 0.240 e. The van der Waals surface area contributed by atoms with Gasteiger partial charge in [0, 0.05) is 13.1 Å². The molecule has 2 aromatic carbocycles. The van der Waals surface area contributed by atoms with Crippen LogP contribution in [0.2, 0.25) is 0 Å². The summed E-state index contributed by atoms with van der Waals surface area (Å²) in [5.74, 6) is 0.106. The first kappa shape index (κ1) is 20.3. The van der Waals surface area contributed by atoms with Crippen molar-refractivity contribution in [2.75, 3.05) is 23.1 Å². The summed E-state index contributed by atoms with van der Waals surface area (Å²) >= 11 is 0. The highest BCUT2D eigenvalue weighted by Gasteiger charge is 2.37. The van der Waals surface area contributed by atoms with Crippen LogP contribution in [0.25, 0.3) is 0 Å². The summed E-state index contributed by atoms with van der Waals surface area (Å²) in [5, 5.41) is 10.9. The lowest BCUT2D eigenvalue weighted by atomic mass is 9.96. The van der Waals surface area contributed by atoms with E-state index in [1.165, 1.54) is 28.6 Å². The van der Waals surface area contributed by atoms with Crippen LogP contribution >= 0.6 is 0 Å². The molecule has 2 N–H and O–H groups in total. The third-order valence-electron chi connectivity index (χ3n) is 5.67. The first-order valence-corrected chi connectivity index (χ1v) is 12.7. The maximum absolute atomic E-state index is 12.7. The van der Waals surface area contributed by atoms with Gasteiger partial charge in [-0.3, -0.25) is 4.31 Å². The molecule has 1 unspecified atom stereocenters. The fraction of sp³-hybridized carbons (Fsp3) is 0.400. The van der Waals surface area contributed by atoms with Crippen molar-refractivity contribution in [2.45, 2.75) is 36.2 Å². The maximum Gasteiger partial charge on any atom is 0.240 e. The lowest BCUT2D eigenvalue weighted by Crippen LogP contribution is -2.39. The van der Waals surface area contributed by atoms with Gasteiger partial charge < -0.3 is 5.11 Å². The lowest BCUT2D eigenvalue weighted by Gasteiger charge is -2.28. The van der Waals surface area contributed by atoms with Crippen LogP contribution in [0, 0.1) is 0 Å². The molecule has 0 aromatic heterocycles. The molecule has 2 aromatic rings. The van der Waals surface area contributed by atoms with Crippen molar-refractivity contribution in [3.8, 4) is 0 Å². The molecule has 0 saturated carbocycles. The van der Waals surface area contributed by atoms with Crippen molar-refractivity contribution in [3.05, 3.63) is 59.7 Å². The van der Waals surface area contributed by atoms with E-state index in [0.717, 1.165) is 17.5 Å². The number of nitrogens with one attached hydrogen (secondary N) is 1. The molecule has 1 fully saturated rings. The van der Waals surface area contributed by atoms with Crippen LogP contribution in [0.15, 0.2) is 53.4 Å². The zero-order valence-electron chi connectivity index (χ0n) is 15.9. The van der Waals surface area contributed by atoms with Gasteiger partial charge in [-0.25, -0.2) is 21.6 Å². The Kier molecular flexibility index (Phi) is 5.18. The van der Waals surface area contributed by atoms with Crippen LogP contribution in [0.3, 0.4) is 0 Å². The molecule has 1 atom stereocenters. The predicted molar refractivity (Wildman–Crippen MR) is 111 cm³/mol. The Morgan fingerprint density at radius 2 is 1.79 bits per heavy atom. The summed E-state index contributed by atoms with van der Waals surface area (Å²) in [6.45, 7) is 0.285. The number of aryl methyl sites for hydroxylation is 1. The second-order valence-corrected chi connectivity index (χ2v) is 11.4. The first-order chi connectivity index (χ1) is 13.7. The number of fused-ring (bicyclic) bond motifs is 1. The van der Waals surface area contributed by atoms with Crippen molar-refractivity contribution in [1.82, 2.24) is 4.72 Å². The zero-order valence-corrected chi connectivity index (χ0v) is 17.5. The molecular weight excluding hydrogens is 412 g/mol. The third kappa shape index (κ3) is 3.92. The van der Waals surface area contributed by atoms with Gasteiger partial charge in [0.05, 0.1) is 16.3 Å². The van der Waals surface area contributed by atoms with Gasteiger partial charge in [-0.05, 0) is 61.1 Å². The Balaban J connectivity index is 1.50. The average molecular weight is 437 g/mol. The number of sulfonamides is 2. The molecule has 0 amide bonds. The summed E-state index contributed by atoms with van der Waals surface area (Å²) in [6.07, 6.45) is 2.58. The molecule has 29 heavy (non-hydrogen) atoms. The van der Waals surface area contributed by atoms with Crippen LogP contribution in [0.1, 0.15) is 30.4 Å². The highest BCUT2D eigenvalue weighted by atomic mass is 32.2. The number of hydrogen-bond acceptors (Lipinski definition) is 5. The Bertz CT molecular complexity index is 1110. The molecule has 0 radical (unpaired) electrons. The number of nitrogens with zero attached hydrogens (tertiary/aromatic N) is 1. The fourth-order valence-electron chi connectivity index (χ4n) is 4.02. The van der Waals surface area contributed by atoms with E-state index in [9.17, 15) is 21.9 Å². The molecule has 0 bridgehead atoms. The van der Waals surface area contributed by atoms with Crippen molar-refractivity contribution < 1.29 is 21.9 Å². The van der Waals surface area contributed by atoms with Gasteiger partial charge in [-0.15, -0.1) is 0 Å². The minimum Gasteiger partial charge on any atom is -0.384 e. The molecule has 1 saturated heterocycles. The van der Waals surface area contributed by atoms with Crippen LogP contribution < -0.4 is 9.03 Å². The van der Waals surface area contributed by atoms with Crippen LogP contribution in [-0.2, 0) is 32.1 Å². The lowest BCUT2D eigenvalue weighted by molar-refractivity contribution is 0.0442. The van der Waals surface area contributed by atoms with Crippen molar-refractivity contribution >= 4 is 25.7 Å². The molecular formula is C20H24N2O5S2. The monoisotopic (exact) mass is 436 g/mol. The van der Waals surface area contributed by atoms with E-state index in [0.29, 0.717) is 31.5 Å². The van der Waals surface area contributed by atoms with Gasteiger partial charge in [0.25, 0.3) is 0 Å². The minimum absolute atomic E-state index is 0.0329. The quantitative estimate of drug-likeness (QED) is 0.743. The van der Waals surface area contributed by atoms with E-state index in [1.54, 1.807) is 0 Å². The largest absolute Gasteiger partial charge is 0.384 e. The average Bonchev–Trinajstić information content (AvgIpc) is 3.04. The normalized spacial score (nSPS) is 23.7. The van der Waals surface area contributed by atoms with E-state index in [4.69, 9.17) is 0 Å². The Labute approximate surface area is 171 Å². The number of benzene rings is 2. The van der Waals surface area contributed by atoms with Crippen molar-refractivity contribution in [3.63, 3.8) is 0 Å². The molecule has 1 heterocycles. The minimum atomic E-state index is -3.84. The second-order valence-electron chi connectivity index (χ2n) is 7.60. The topological polar surface area (TPSA) is 104 Å². The molecule has 156 valence electrons. The van der Waals surface area contributed by atoms with E-state index in [2.05, 4.69) is 4.72 Å². The molecule has 0 spiro atoms. The number of anilines is 1. The first-order valence-electron chi connectivity index (χ1n) is 9.62. The molecule has 1 aliphatic heterocycles. The van der Waals surface area contributed by atoms with Crippen LogP contribution in [0.5, 0.6) is 0 Å². The molecule has 2 aliphatic rings. The summed E-state index contributed by atoms with van der Waals surface area (Å²) in [5.41, 5.74) is 1.02. The number of hydrogen-bond donors (Lipinski definition) is 2. The van der Waals surface area contributed by atoms with Gasteiger partial charge >= 0.3 is 0 Å². The van der Waals surface area contributed by atoms with Crippen molar-refractivity contribution in [2.24, 2.45) is 0 Å². The number of aliphatic hydroxyl groups is 1. The summed E-state index contributed by atoms with van der Waals surface area (Å²) in [4.78, 5) is 0.0329. The Morgan fingerprint density at radius 1 is 1.07 bits per heavy atom. The van der Waals surface area contributed by atoms with Gasteiger partial charge in [0.2, 0.25) is 20.0 Å². The van der Waals surface area contributed by atoms with Crippen molar-refractivity contribution in [1.29, 1.82) is 0 Å². The van der Waals surface area contributed by atoms with E-state index in [-0.39, 0.29) is 17.2 Å². The standard InChI is InChI=1S/C20H24N2O5S2/c23-20(12-11-16-5-1-2-6-19(16)20)15-21-29(26,27)18-9-7-17(8-10-18)22-13-3-4-14-28(22,24)25/h1-2,5-10,21,23H,3-4,11-15H2. The SMILES string of the molecule is O=S(=O)(NCC1(O)CCc2ccccc21)c1ccc(N2CCCCS2(=O)=O)cc1. The zero-order chi connectivity index (χ0) is 20.7. The van der Waals surface area contributed by atoms with Gasteiger partial charge in [0.15, 0.2) is 0 Å².